The molecule has 0 heterocycles. The van der Waals surface area contributed by atoms with E-state index in [1.165, 1.54) is 31.8 Å². The summed E-state index contributed by atoms with van der Waals surface area (Å²) in [6.45, 7) is 0. The van der Waals surface area contributed by atoms with Crippen LogP contribution in [0.2, 0.25) is 0 Å². The topological polar surface area (TPSA) is 0 Å². The molecule has 64 heavy (non-hydrogen) atoms. The Morgan fingerprint density at radius 1 is 0.219 bits per heavy atom. The molecule has 10 aromatic carbocycles. The SMILES string of the molecule is [Pt].[c-]1ccccc1.c1cc[c]([Pb]([c]2ccccc2)[c]2ccccc2)cc1.c1ccc(P(c2ccccc2)c2ccccc2)cc1.c1ccc(P(c2ccccc2)c2ccccc2)cc1. The van der Waals surface area contributed by atoms with Crippen molar-refractivity contribution in [3.8, 4) is 0 Å². The molecule has 0 N–H and O–H groups in total. The Morgan fingerprint density at radius 3 is 0.547 bits per heavy atom. The first kappa shape index (κ1) is 48.1. The zero-order valence-corrected chi connectivity index (χ0v) is 43.5. The monoisotopic (exact) mass is 1240 g/mol. The first-order chi connectivity index (χ1) is 31.3. The smallest absolute Gasteiger partial charge is 0.0134 e. The van der Waals surface area contributed by atoms with E-state index in [1.807, 2.05) is 30.3 Å². The Labute approximate surface area is 406 Å². The van der Waals surface area contributed by atoms with Gasteiger partial charge in [-0.3, -0.25) is 0 Å². The van der Waals surface area contributed by atoms with Crippen molar-refractivity contribution in [2.24, 2.45) is 0 Å². The Balaban J connectivity index is 0.000000148. The van der Waals surface area contributed by atoms with Gasteiger partial charge in [-0.25, -0.2) is 0 Å². The largest absolute Gasteiger partial charge is 0.0622 e. The molecule has 0 bridgehead atoms. The predicted molar refractivity (Wildman–Crippen MR) is 280 cm³/mol. The van der Waals surface area contributed by atoms with E-state index in [0.717, 1.165) is 0 Å². The molecule has 0 atom stereocenters. The van der Waals surface area contributed by atoms with Gasteiger partial charge in [-0.1, -0.05) is 182 Å². The average Bonchev–Trinajstić information content (AvgIpc) is 3.38. The van der Waals surface area contributed by atoms with E-state index in [1.54, 1.807) is 9.37 Å². The molecule has 0 aliphatic rings. The zero-order chi connectivity index (χ0) is 43.0. The average molecular weight is 1240 g/mol. The third-order valence-electron chi connectivity index (χ3n) is 9.88. The van der Waals surface area contributed by atoms with Gasteiger partial charge in [-0.2, -0.15) is 36.4 Å². The summed E-state index contributed by atoms with van der Waals surface area (Å²) in [4.78, 5) is 0. The van der Waals surface area contributed by atoms with Gasteiger partial charge in [0.1, 0.15) is 0 Å². The molecular formula is C60H50P2PbPt-. The van der Waals surface area contributed by atoms with Gasteiger partial charge in [0.05, 0.1) is 0 Å². The quantitative estimate of drug-likeness (QED) is 0.0768. The molecule has 0 fully saturated rings. The number of hydrogen-bond donors (Lipinski definition) is 0. The second kappa shape index (κ2) is 27.8. The summed E-state index contributed by atoms with van der Waals surface area (Å²) >= 11 is -2.17. The molecule has 4 heteroatoms. The Kier molecular flexibility index (Phi) is 20.9. The first-order valence-corrected chi connectivity index (χ1v) is 29.7. The fraction of sp³-hybridized carbons (Fsp3) is 0. The maximum absolute atomic E-state index is 2.89. The van der Waals surface area contributed by atoms with Crippen LogP contribution in [-0.4, -0.2) is 22.7 Å². The molecule has 1 radical (unpaired) electrons. The second-order valence-corrected chi connectivity index (χ2v) is 28.3. The standard InChI is InChI=1S/2C18H15P.4C6H5.Pb.Pt/c2*1-4-10-16(11-5-1)19(17-12-6-2-7-13-17)18-14-8-3-9-15-18;4*1-2-4-6-5-3-1;;/h2*1-15H;4*1-5H;;/q;;;;;-1;;. The summed E-state index contributed by atoms with van der Waals surface area (Å²) in [6.07, 6.45) is 0. The van der Waals surface area contributed by atoms with Crippen molar-refractivity contribution in [3.63, 3.8) is 0 Å². The van der Waals surface area contributed by atoms with Gasteiger partial charge >= 0.3 is 123 Å². The molecule has 0 nitrogen and oxygen atoms in total. The van der Waals surface area contributed by atoms with Crippen LogP contribution in [0.3, 0.4) is 0 Å². The molecule has 0 saturated carbocycles. The van der Waals surface area contributed by atoms with Crippen LogP contribution < -0.4 is 41.2 Å². The molecule has 0 aromatic heterocycles. The third kappa shape index (κ3) is 14.9. The molecule has 0 aliphatic carbocycles. The van der Waals surface area contributed by atoms with Crippen LogP contribution >= 0.6 is 15.8 Å². The van der Waals surface area contributed by atoms with Crippen molar-refractivity contribution in [2.45, 2.75) is 0 Å². The minimum absolute atomic E-state index is 0. The van der Waals surface area contributed by atoms with E-state index in [4.69, 9.17) is 0 Å². The third-order valence-corrected chi connectivity index (χ3v) is 25.4. The number of benzene rings is 10. The molecule has 315 valence electrons. The fourth-order valence-electron chi connectivity index (χ4n) is 7.01. The summed E-state index contributed by atoms with van der Waals surface area (Å²) in [5.41, 5.74) is 0. The summed E-state index contributed by atoms with van der Waals surface area (Å²) in [5.74, 6) is 0. The van der Waals surface area contributed by atoms with E-state index in [-0.39, 0.29) is 21.1 Å². The van der Waals surface area contributed by atoms with Gasteiger partial charge < -0.3 is 0 Å². The van der Waals surface area contributed by atoms with Gasteiger partial charge in [-0.05, 0) is 47.7 Å². The summed E-state index contributed by atoms with van der Waals surface area (Å²) in [5, 5.41) is 8.39. The van der Waals surface area contributed by atoms with E-state index >= 15 is 0 Å². The minimum Gasteiger partial charge on any atom is -0.0622 e. The van der Waals surface area contributed by atoms with Crippen molar-refractivity contribution >= 4 is 79.7 Å². The fourth-order valence-corrected chi connectivity index (χ4v) is 21.6. The Hall–Kier alpha value is -5.33. The summed E-state index contributed by atoms with van der Waals surface area (Å²) < 4.78 is 4.64. The summed E-state index contributed by atoms with van der Waals surface area (Å²) in [6, 6.07) is 110. The van der Waals surface area contributed by atoms with Gasteiger partial charge in [0.2, 0.25) is 0 Å². The van der Waals surface area contributed by atoms with Gasteiger partial charge in [0.25, 0.3) is 0 Å². The summed E-state index contributed by atoms with van der Waals surface area (Å²) in [7, 11) is -0.892. The Bertz CT molecular complexity index is 2090. The first-order valence-electron chi connectivity index (χ1n) is 21.2. The molecule has 0 aliphatic heterocycles. The van der Waals surface area contributed by atoms with Gasteiger partial charge in [0, 0.05) is 21.1 Å². The van der Waals surface area contributed by atoms with Crippen LogP contribution in [0.15, 0.2) is 303 Å². The van der Waals surface area contributed by atoms with Crippen molar-refractivity contribution in [1.82, 2.24) is 0 Å². The molecule has 10 rings (SSSR count). The molecule has 10 aromatic rings. The molecule has 0 spiro atoms. The van der Waals surface area contributed by atoms with Crippen LogP contribution in [0.4, 0.5) is 0 Å². The Morgan fingerprint density at radius 2 is 0.391 bits per heavy atom. The van der Waals surface area contributed by atoms with E-state index < -0.39 is 38.5 Å². The van der Waals surface area contributed by atoms with Crippen LogP contribution in [-0.2, 0) is 21.1 Å². The second-order valence-electron chi connectivity index (χ2n) is 14.2. The molecular weight excluding hydrogens is 1180 g/mol. The maximum atomic E-state index is 2.89. The van der Waals surface area contributed by atoms with Gasteiger partial charge in [-0.15, -0.1) is 0 Å². The molecule has 0 amide bonds. The van der Waals surface area contributed by atoms with Crippen molar-refractivity contribution in [3.05, 3.63) is 309 Å². The van der Waals surface area contributed by atoms with Crippen molar-refractivity contribution in [2.75, 3.05) is 0 Å². The molecule has 0 unspecified atom stereocenters. The van der Waals surface area contributed by atoms with Crippen LogP contribution in [0.5, 0.6) is 0 Å². The van der Waals surface area contributed by atoms with Gasteiger partial charge in [0.15, 0.2) is 0 Å². The van der Waals surface area contributed by atoms with E-state index in [2.05, 4.69) is 279 Å². The predicted octanol–water partition coefficient (Wildman–Crippen LogP) is 10.6. The van der Waals surface area contributed by atoms with Crippen LogP contribution in [0.1, 0.15) is 0 Å². The maximum Gasteiger partial charge on any atom is -0.0134 e. The van der Waals surface area contributed by atoms with E-state index in [0.29, 0.717) is 0 Å². The zero-order valence-electron chi connectivity index (χ0n) is 35.6. The van der Waals surface area contributed by atoms with E-state index in [9.17, 15) is 0 Å². The van der Waals surface area contributed by atoms with Crippen molar-refractivity contribution in [1.29, 1.82) is 0 Å². The van der Waals surface area contributed by atoms with Crippen molar-refractivity contribution < 1.29 is 21.1 Å². The van der Waals surface area contributed by atoms with Crippen LogP contribution in [0, 0.1) is 6.07 Å². The molecule has 0 saturated heterocycles. The van der Waals surface area contributed by atoms with Crippen LogP contribution in [0.25, 0.3) is 0 Å². The minimum atomic E-state index is -2.17. The number of hydrogen-bond acceptors (Lipinski definition) is 0. The number of rotatable bonds is 9. The normalized spacial score (nSPS) is 10.2.